The first kappa shape index (κ1) is 27.6. The summed E-state index contributed by atoms with van der Waals surface area (Å²) in [5.74, 6) is -0.352. The van der Waals surface area contributed by atoms with Gasteiger partial charge in [0.25, 0.3) is 0 Å². The first-order chi connectivity index (χ1) is 18.7. The van der Waals surface area contributed by atoms with E-state index in [1.165, 1.54) is 26.5 Å². The van der Waals surface area contributed by atoms with Crippen LogP contribution in [0.15, 0.2) is 35.8 Å². The van der Waals surface area contributed by atoms with E-state index >= 15 is 0 Å². The molecule has 0 saturated heterocycles. The van der Waals surface area contributed by atoms with Crippen molar-refractivity contribution in [1.82, 2.24) is 40.2 Å². The summed E-state index contributed by atoms with van der Waals surface area (Å²) >= 11 is 0. The van der Waals surface area contributed by atoms with Crippen molar-refractivity contribution in [3.63, 3.8) is 0 Å². The molecule has 1 aliphatic carbocycles. The highest BCUT2D eigenvalue weighted by Crippen LogP contribution is 2.50. The average Bonchev–Trinajstić information content (AvgIpc) is 3.40. The molecule has 3 aromatic heterocycles. The van der Waals surface area contributed by atoms with E-state index < -0.39 is 23.7 Å². The molecule has 5 N–H and O–H groups in total. The second-order valence-corrected chi connectivity index (χ2v) is 9.76. The van der Waals surface area contributed by atoms with Crippen LogP contribution >= 0.6 is 0 Å². The minimum Gasteiger partial charge on any atom is -0.325 e. The second kappa shape index (κ2) is 9.62. The number of nitrogens with one attached hydrogen (secondary N) is 1. The van der Waals surface area contributed by atoms with Gasteiger partial charge in [-0.15, -0.1) is 5.10 Å². The number of hydrogen-bond donors (Lipinski definition) is 3. The lowest BCUT2D eigenvalue weighted by Crippen LogP contribution is -2.43. The van der Waals surface area contributed by atoms with Gasteiger partial charge in [-0.05, 0) is 36.6 Å². The lowest BCUT2D eigenvalue weighted by atomic mass is 10.0. The van der Waals surface area contributed by atoms with E-state index in [2.05, 4.69) is 25.8 Å². The van der Waals surface area contributed by atoms with Crippen LogP contribution in [0.3, 0.4) is 0 Å². The number of nitrogens with two attached hydrogens (primary N) is 2. The Hall–Kier alpha value is -3.92. The normalized spacial score (nSPS) is 19.7. The van der Waals surface area contributed by atoms with Crippen molar-refractivity contribution in [2.45, 2.75) is 44.2 Å². The Morgan fingerprint density at radius 2 is 1.52 bits per heavy atom. The standard InChI is InChI=1S/C24H26F6N10/c1-11-4-13(8-32)40(35-19(11)16-9-38(2)36-21(16)23(25,26)27)18-6-14(18)15-5-12(7-31)33-34-20(15)17-10-39(3)37-22(17)24(28,29)30/h4-5,9-10,14,18,35H,6-8,31-32H2,1-3H3. The summed E-state index contributed by atoms with van der Waals surface area (Å²) in [6.45, 7) is 1.74. The molecule has 0 bridgehead atoms. The van der Waals surface area contributed by atoms with Crippen LogP contribution in [0.4, 0.5) is 26.3 Å². The van der Waals surface area contributed by atoms with Gasteiger partial charge in [-0.3, -0.25) is 19.8 Å². The lowest BCUT2D eigenvalue weighted by molar-refractivity contribution is -0.142. The van der Waals surface area contributed by atoms with Gasteiger partial charge < -0.3 is 11.5 Å². The molecule has 2 unspecified atom stereocenters. The number of nitrogens with zero attached hydrogens (tertiary/aromatic N) is 7. The van der Waals surface area contributed by atoms with Gasteiger partial charge in [0.2, 0.25) is 0 Å². The van der Waals surface area contributed by atoms with Gasteiger partial charge in [-0.1, -0.05) is 0 Å². The monoisotopic (exact) mass is 568 g/mol. The molecule has 1 aliphatic heterocycles. The van der Waals surface area contributed by atoms with Crippen LogP contribution in [0.5, 0.6) is 0 Å². The SMILES string of the molecule is CC1=C(c2cn(C)nc2C(F)(F)F)NN(C2CC2c2cc(CN)nnc2-c2cn(C)nc2C(F)(F)F)C(CN)=C1. The minimum atomic E-state index is -4.73. The number of aryl methyl sites for hydroxylation is 2. The fourth-order valence-corrected chi connectivity index (χ4v) is 4.99. The molecule has 10 nitrogen and oxygen atoms in total. The predicted molar refractivity (Wildman–Crippen MR) is 131 cm³/mol. The van der Waals surface area contributed by atoms with Crippen molar-refractivity contribution in [3.05, 3.63) is 64.0 Å². The van der Waals surface area contributed by atoms with E-state index in [0.717, 1.165) is 9.36 Å². The molecule has 0 aromatic carbocycles. The summed E-state index contributed by atoms with van der Waals surface area (Å²) in [5, 5.41) is 16.9. The molecule has 5 rings (SSSR count). The van der Waals surface area contributed by atoms with Crippen molar-refractivity contribution >= 4 is 5.70 Å². The van der Waals surface area contributed by atoms with E-state index in [0.29, 0.717) is 28.9 Å². The van der Waals surface area contributed by atoms with Crippen LogP contribution in [-0.4, -0.2) is 47.4 Å². The van der Waals surface area contributed by atoms with Gasteiger partial charge in [0.15, 0.2) is 11.4 Å². The van der Waals surface area contributed by atoms with Crippen LogP contribution in [0.1, 0.15) is 47.5 Å². The molecule has 2 atom stereocenters. The van der Waals surface area contributed by atoms with Gasteiger partial charge in [-0.25, -0.2) is 0 Å². The number of rotatable bonds is 6. The molecule has 40 heavy (non-hydrogen) atoms. The topological polar surface area (TPSA) is 129 Å². The van der Waals surface area contributed by atoms with Crippen molar-refractivity contribution in [2.75, 3.05) is 6.54 Å². The number of allylic oxidation sites excluding steroid dienone is 2. The zero-order chi connectivity index (χ0) is 29.1. The lowest BCUT2D eigenvalue weighted by Gasteiger charge is -2.34. The Morgan fingerprint density at radius 3 is 2.10 bits per heavy atom. The van der Waals surface area contributed by atoms with Gasteiger partial charge in [0, 0.05) is 51.2 Å². The van der Waals surface area contributed by atoms with Crippen LogP contribution in [-0.2, 0) is 33.0 Å². The quantitative estimate of drug-likeness (QED) is 0.387. The Labute approximate surface area is 224 Å². The number of hydrazine groups is 1. The van der Waals surface area contributed by atoms with E-state index in [4.69, 9.17) is 11.5 Å². The predicted octanol–water partition coefficient (Wildman–Crippen LogP) is 3.06. The molecule has 0 radical (unpaired) electrons. The third-order valence-electron chi connectivity index (χ3n) is 6.82. The molecule has 1 saturated carbocycles. The van der Waals surface area contributed by atoms with Crippen LogP contribution in [0.2, 0.25) is 0 Å². The van der Waals surface area contributed by atoms with E-state index in [9.17, 15) is 26.3 Å². The number of halogens is 6. The first-order valence-corrected chi connectivity index (χ1v) is 12.2. The minimum absolute atomic E-state index is 0.0129. The third-order valence-corrected chi connectivity index (χ3v) is 6.82. The van der Waals surface area contributed by atoms with Crippen molar-refractivity contribution in [3.8, 4) is 11.3 Å². The smallest absolute Gasteiger partial charge is 0.325 e. The molecule has 4 heterocycles. The Balaban J connectivity index is 1.53. The molecule has 0 amide bonds. The summed E-state index contributed by atoms with van der Waals surface area (Å²) in [4.78, 5) is 0. The highest BCUT2D eigenvalue weighted by Gasteiger charge is 2.48. The van der Waals surface area contributed by atoms with Crippen molar-refractivity contribution < 1.29 is 26.3 Å². The molecule has 214 valence electrons. The van der Waals surface area contributed by atoms with Gasteiger partial charge in [-0.2, -0.15) is 41.6 Å². The summed E-state index contributed by atoms with van der Waals surface area (Å²) in [5.41, 5.74) is 14.5. The summed E-state index contributed by atoms with van der Waals surface area (Å²) in [7, 11) is 2.77. The fraction of sp³-hybridized carbons (Fsp3) is 0.417. The molecular formula is C24H26F6N10. The van der Waals surface area contributed by atoms with Crippen LogP contribution in [0.25, 0.3) is 17.0 Å². The number of aromatic nitrogens is 6. The van der Waals surface area contributed by atoms with Crippen molar-refractivity contribution in [1.29, 1.82) is 0 Å². The maximum atomic E-state index is 13.8. The maximum absolute atomic E-state index is 13.8. The third kappa shape index (κ3) is 4.92. The molecule has 0 spiro atoms. The summed E-state index contributed by atoms with van der Waals surface area (Å²) in [6.07, 6.45) is -4.77. The van der Waals surface area contributed by atoms with Gasteiger partial charge >= 0.3 is 12.4 Å². The van der Waals surface area contributed by atoms with Crippen LogP contribution < -0.4 is 16.9 Å². The molecule has 2 aliphatic rings. The zero-order valence-electron chi connectivity index (χ0n) is 21.6. The summed E-state index contributed by atoms with van der Waals surface area (Å²) < 4.78 is 84.8. The molecule has 1 fully saturated rings. The maximum Gasteiger partial charge on any atom is 0.435 e. The number of alkyl halides is 6. The fourth-order valence-electron chi connectivity index (χ4n) is 4.99. The second-order valence-electron chi connectivity index (χ2n) is 9.76. The highest BCUT2D eigenvalue weighted by molar-refractivity contribution is 5.72. The Kier molecular flexibility index (Phi) is 6.65. The number of hydrogen-bond acceptors (Lipinski definition) is 8. The Bertz CT molecular complexity index is 1510. The first-order valence-electron chi connectivity index (χ1n) is 12.2. The Morgan fingerprint density at radius 1 is 0.925 bits per heavy atom. The molecular weight excluding hydrogens is 542 g/mol. The van der Waals surface area contributed by atoms with Gasteiger partial charge in [0.1, 0.15) is 5.69 Å². The van der Waals surface area contributed by atoms with E-state index in [1.54, 1.807) is 24.1 Å². The van der Waals surface area contributed by atoms with Crippen molar-refractivity contribution in [2.24, 2.45) is 25.6 Å². The largest absolute Gasteiger partial charge is 0.435 e. The van der Waals surface area contributed by atoms with E-state index in [-0.39, 0.29) is 47.6 Å². The molecule has 16 heteroatoms. The van der Waals surface area contributed by atoms with E-state index in [1.807, 2.05) is 0 Å². The highest BCUT2D eigenvalue weighted by atomic mass is 19.4. The van der Waals surface area contributed by atoms with Crippen LogP contribution in [0, 0.1) is 0 Å². The van der Waals surface area contributed by atoms with Gasteiger partial charge in [0.05, 0.1) is 28.6 Å². The molecule has 3 aromatic rings. The summed E-state index contributed by atoms with van der Waals surface area (Å²) in [6, 6.07) is 1.25. The zero-order valence-corrected chi connectivity index (χ0v) is 21.6. The average molecular weight is 569 g/mol.